The highest BCUT2D eigenvalue weighted by molar-refractivity contribution is 5.70. The van der Waals surface area contributed by atoms with Crippen LogP contribution >= 0.6 is 0 Å². The summed E-state index contributed by atoms with van der Waals surface area (Å²) in [5, 5.41) is 0. The fraction of sp³-hybridized carbons (Fsp3) is 0.240. The zero-order valence-electron chi connectivity index (χ0n) is 18.9. The SMILES string of the molecule is C=C=C(N1C(=C(C)C)C(=C)O[C@H](c2cccc(OC)c2F)c2cc(C(F)(F)F)ccc21)C(F)(F)F. The fourth-order valence-corrected chi connectivity index (χ4v) is 3.81. The van der Waals surface area contributed by atoms with Gasteiger partial charge in [0.15, 0.2) is 23.4 Å². The topological polar surface area (TPSA) is 21.7 Å². The average molecular weight is 499 g/mol. The van der Waals surface area contributed by atoms with Crippen LogP contribution in [-0.4, -0.2) is 13.3 Å². The summed E-state index contributed by atoms with van der Waals surface area (Å²) in [6.07, 6.45) is -11.4. The predicted octanol–water partition coefficient (Wildman–Crippen LogP) is 7.82. The van der Waals surface area contributed by atoms with Gasteiger partial charge in [0.05, 0.1) is 24.1 Å². The van der Waals surface area contributed by atoms with Crippen molar-refractivity contribution in [3.05, 3.63) is 101 Å². The van der Waals surface area contributed by atoms with Crippen molar-refractivity contribution in [3.63, 3.8) is 0 Å². The number of anilines is 1. The van der Waals surface area contributed by atoms with Gasteiger partial charge in [0, 0.05) is 11.1 Å². The third-order valence-electron chi connectivity index (χ3n) is 5.25. The van der Waals surface area contributed by atoms with Crippen LogP contribution in [0, 0.1) is 5.82 Å². The molecule has 1 heterocycles. The van der Waals surface area contributed by atoms with E-state index in [-0.39, 0.29) is 34.0 Å². The van der Waals surface area contributed by atoms with Gasteiger partial charge in [-0.2, -0.15) is 26.3 Å². The lowest BCUT2D eigenvalue weighted by Gasteiger charge is -2.30. The molecule has 10 heteroatoms. The lowest BCUT2D eigenvalue weighted by atomic mass is 9.96. The lowest BCUT2D eigenvalue weighted by Crippen LogP contribution is -2.32. The van der Waals surface area contributed by atoms with Crippen molar-refractivity contribution < 1.29 is 40.2 Å². The van der Waals surface area contributed by atoms with Crippen LogP contribution < -0.4 is 9.64 Å². The first-order valence-electron chi connectivity index (χ1n) is 10.1. The summed E-state index contributed by atoms with van der Waals surface area (Å²) in [5.74, 6) is -1.49. The van der Waals surface area contributed by atoms with Gasteiger partial charge in [-0.1, -0.05) is 31.0 Å². The van der Waals surface area contributed by atoms with Crippen molar-refractivity contribution in [1.82, 2.24) is 0 Å². The maximum atomic E-state index is 15.2. The molecule has 0 aliphatic carbocycles. The van der Waals surface area contributed by atoms with E-state index in [4.69, 9.17) is 9.47 Å². The normalized spacial score (nSPS) is 16.2. The van der Waals surface area contributed by atoms with Crippen molar-refractivity contribution in [2.45, 2.75) is 32.3 Å². The minimum absolute atomic E-state index is 0.180. The van der Waals surface area contributed by atoms with Crippen LogP contribution in [0.25, 0.3) is 0 Å². The number of fused-ring (bicyclic) bond motifs is 1. The molecule has 3 rings (SSSR count). The summed E-state index contributed by atoms with van der Waals surface area (Å²) in [6, 6.07) is 6.05. The summed E-state index contributed by atoms with van der Waals surface area (Å²) >= 11 is 0. The standard InChI is InChI=1S/C25H20F7NO2/c1-6-20(25(30,31)32)33-18-11-10-15(24(27,28)29)12-17(18)23(35-14(4)22(33)13(2)3)16-8-7-9-19(34-5)21(16)26/h7-12,23H,1,4H2,2-3,5H3/t23-/m1/s1. The molecule has 1 aliphatic heterocycles. The lowest BCUT2D eigenvalue weighted by molar-refractivity contribution is -0.137. The monoisotopic (exact) mass is 499 g/mol. The minimum Gasteiger partial charge on any atom is -0.494 e. The second kappa shape index (κ2) is 9.19. The smallest absolute Gasteiger partial charge is 0.439 e. The zero-order chi connectivity index (χ0) is 26.3. The summed E-state index contributed by atoms with van der Waals surface area (Å²) < 4.78 is 109. The van der Waals surface area contributed by atoms with Crippen LogP contribution in [-0.2, 0) is 10.9 Å². The number of benzene rings is 2. The van der Waals surface area contributed by atoms with E-state index in [1.165, 1.54) is 39.2 Å². The van der Waals surface area contributed by atoms with Gasteiger partial charge in [-0.05, 0) is 43.7 Å². The molecule has 0 saturated heterocycles. The van der Waals surface area contributed by atoms with Crippen molar-refractivity contribution in [2.75, 3.05) is 12.0 Å². The number of allylic oxidation sites excluding steroid dienone is 2. The van der Waals surface area contributed by atoms with E-state index in [1.807, 2.05) is 5.73 Å². The van der Waals surface area contributed by atoms with Crippen molar-refractivity contribution in [2.24, 2.45) is 0 Å². The Hall–Kier alpha value is -3.65. The first kappa shape index (κ1) is 26.0. The van der Waals surface area contributed by atoms with Gasteiger partial charge in [-0.15, -0.1) is 0 Å². The number of ether oxygens (including phenoxy) is 2. The highest BCUT2D eigenvalue weighted by Gasteiger charge is 2.44. The Bertz CT molecular complexity index is 1250. The van der Waals surface area contributed by atoms with E-state index >= 15 is 4.39 Å². The molecule has 0 saturated carbocycles. The van der Waals surface area contributed by atoms with Gasteiger partial charge in [0.25, 0.3) is 0 Å². The summed E-state index contributed by atoms with van der Waals surface area (Å²) in [7, 11) is 1.19. The maximum Gasteiger partial charge on any atom is 0.439 e. The number of hydrogen-bond donors (Lipinski definition) is 0. The summed E-state index contributed by atoms with van der Waals surface area (Å²) in [4.78, 5) is 0.637. The molecule has 0 spiro atoms. The third kappa shape index (κ3) is 4.79. The molecule has 2 aromatic carbocycles. The Balaban J connectivity index is 2.47. The number of hydrogen-bond acceptors (Lipinski definition) is 3. The minimum atomic E-state index is -5.00. The number of nitrogens with zero attached hydrogens (tertiary/aromatic N) is 1. The molecule has 186 valence electrons. The van der Waals surface area contributed by atoms with Gasteiger partial charge in [0.1, 0.15) is 5.76 Å². The summed E-state index contributed by atoms with van der Waals surface area (Å²) in [6.45, 7) is 9.78. The highest BCUT2D eigenvalue weighted by Crippen LogP contribution is 2.48. The molecular formula is C25H20F7NO2. The number of methoxy groups -OCH3 is 1. The van der Waals surface area contributed by atoms with Crippen LogP contribution in [0.3, 0.4) is 0 Å². The van der Waals surface area contributed by atoms with E-state index in [9.17, 15) is 26.3 Å². The van der Waals surface area contributed by atoms with Crippen LogP contribution in [0.4, 0.5) is 36.4 Å². The first-order valence-corrected chi connectivity index (χ1v) is 10.1. The van der Waals surface area contributed by atoms with Gasteiger partial charge < -0.3 is 9.47 Å². The number of alkyl halides is 6. The molecular weight excluding hydrogens is 479 g/mol. The summed E-state index contributed by atoms with van der Waals surface area (Å²) in [5.41, 5.74) is -1.56. The molecule has 0 aromatic heterocycles. The number of halogens is 7. The molecule has 35 heavy (non-hydrogen) atoms. The predicted molar refractivity (Wildman–Crippen MR) is 116 cm³/mol. The van der Waals surface area contributed by atoms with Crippen LogP contribution in [0.5, 0.6) is 5.75 Å². The quantitative estimate of drug-likeness (QED) is 0.318. The molecule has 0 fully saturated rings. The van der Waals surface area contributed by atoms with E-state index < -0.39 is 35.5 Å². The average Bonchev–Trinajstić information content (AvgIpc) is 2.87. The Morgan fingerprint density at radius 1 is 1.06 bits per heavy atom. The Labute approximate surface area is 197 Å². The highest BCUT2D eigenvalue weighted by atomic mass is 19.4. The molecule has 0 amide bonds. The van der Waals surface area contributed by atoms with Gasteiger partial charge in [0.2, 0.25) is 0 Å². The van der Waals surface area contributed by atoms with Gasteiger partial charge in [-0.25, -0.2) is 4.39 Å². The van der Waals surface area contributed by atoms with Crippen LogP contribution in [0.1, 0.15) is 36.6 Å². The van der Waals surface area contributed by atoms with Crippen LogP contribution in [0.15, 0.2) is 78.0 Å². The molecule has 0 bridgehead atoms. The van der Waals surface area contributed by atoms with Crippen molar-refractivity contribution in [1.29, 1.82) is 0 Å². The van der Waals surface area contributed by atoms with Gasteiger partial charge >= 0.3 is 12.4 Å². The third-order valence-corrected chi connectivity index (χ3v) is 5.25. The van der Waals surface area contributed by atoms with Crippen molar-refractivity contribution in [3.8, 4) is 5.75 Å². The van der Waals surface area contributed by atoms with E-state index in [2.05, 4.69) is 13.2 Å². The Morgan fingerprint density at radius 3 is 2.23 bits per heavy atom. The maximum absolute atomic E-state index is 15.2. The van der Waals surface area contributed by atoms with Gasteiger partial charge in [-0.3, -0.25) is 4.90 Å². The van der Waals surface area contributed by atoms with Crippen molar-refractivity contribution >= 4 is 5.69 Å². The molecule has 1 atom stereocenters. The molecule has 1 aliphatic rings. The van der Waals surface area contributed by atoms with E-state index in [1.54, 1.807) is 0 Å². The number of rotatable bonds is 3. The van der Waals surface area contributed by atoms with Crippen LogP contribution in [0.2, 0.25) is 0 Å². The first-order chi connectivity index (χ1) is 16.2. The molecule has 2 aromatic rings. The Kier molecular flexibility index (Phi) is 6.81. The molecule has 0 radical (unpaired) electrons. The van der Waals surface area contributed by atoms with E-state index in [0.29, 0.717) is 22.6 Å². The largest absolute Gasteiger partial charge is 0.494 e. The second-order valence-corrected chi connectivity index (χ2v) is 7.76. The Morgan fingerprint density at radius 2 is 1.71 bits per heavy atom. The molecule has 0 N–H and O–H groups in total. The fourth-order valence-electron chi connectivity index (χ4n) is 3.81. The molecule has 0 unspecified atom stereocenters. The van der Waals surface area contributed by atoms with E-state index in [0.717, 1.165) is 6.07 Å². The zero-order valence-corrected chi connectivity index (χ0v) is 18.9. The second-order valence-electron chi connectivity index (χ2n) is 7.76. The molecule has 3 nitrogen and oxygen atoms in total.